The van der Waals surface area contributed by atoms with Gasteiger partial charge in [0.05, 0.1) is 30.9 Å². The van der Waals surface area contributed by atoms with Gasteiger partial charge in [-0.15, -0.1) is 0 Å². The molecule has 45 heavy (non-hydrogen) atoms. The molecule has 2 aliphatic rings. The number of phenols is 1. The molecule has 0 unspecified atom stereocenters. The third-order valence-corrected chi connectivity index (χ3v) is 8.43. The molecule has 0 aliphatic heterocycles. The van der Waals surface area contributed by atoms with Gasteiger partial charge in [-0.1, -0.05) is 17.3 Å². The number of amides is 1. The number of rotatable bonds is 10. The van der Waals surface area contributed by atoms with E-state index < -0.39 is 65.4 Å². The van der Waals surface area contributed by atoms with Gasteiger partial charge in [-0.05, 0) is 65.6 Å². The van der Waals surface area contributed by atoms with Crippen LogP contribution in [0.1, 0.15) is 56.9 Å². The number of benzene rings is 2. The summed E-state index contributed by atoms with van der Waals surface area (Å²) in [6, 6.07) is 8.93. The summed E-state index contributed by atoms with van der Waals surface area (Å²) in [6.07, 6.45) is 0.130. The second-order valence-electron chi connectivity index (χ2n) is 11.1. The van der Waals surface area contributed by atoms with E-state index in [9.17, 15) is 44.4 Å². The lowest BCUT2D eigenvalue weighted by atomic mass is 9.61. The summed E-state index contributed by atoms with van der Waals surface area (Å²) in [5, 5.41) is 47.0. The molecule has 0 bridgehead atoms. The number of ether oxygens (including phenoxy) is 1. The van der Waals surface area contributed by atoms with Crippen LogP contribution in [0.4, 0.5) is 0 Å². The summed E-state index contributed by atoms with van der Waals surface area (Å²) in [5.74, 6) is -7.26. The van der Waals surface area contributed by atoms with Crippen LogP contribution in [0.3, 0.4) is 0 Å². The molecule has 1 amide bonds. The van der Waals surface area contributed by atoms with Crippen molar-refractivity contribution in [1.82, 2.24) is 5.16 Å². The van der Waals surface area contributed by atoms with E-state index >= 15 is 0 Å². The lowest BCUT2D eigenvalue weighted by Gasteiger charge is -2.43. The zero-order chi connectivity index (χ0) is 32.6. The fourth-order valence-corrected chi connectivity index (χ4v) is 6.40. The van der Waals surface area contributed by atoms with Crippen molar-refractivity contribution in [3.63, 3.8) is 0 Å². The SMILES string of the molecule is COC(=O)c1cc(CC(=O)c2ccno2)cc(-c2ccc(O)c3c2C[C@H]2C[C@@H](CCO)[C@@](O)(C(=O)CC(N)=O)C(=O)C2=C3O)c1. The number of ketones is 3. The highest BCUT2D eigenvalue weighted by atomic mass is 16.5. The number of nitrogens with zero attached hydrogens (tertiary/aromatic N) is 1. The maximum absolute atomic E-state index is 13.8. The second-order valence-corrected chi connectivity index (χ2v) is 11.1. The number of fused-ring (bicyclic) bond motifs is 2. The molecule has 1 heterocycles. The van der Waals surface area contributed by atoms with E-state index in [1.807, 2.05) is 0 Å². The van der Waals surface area contributed by atoms with Crippen LogP contribution in [0.5, 0.6) is 5.75 Å². The number of methoxy groups -OCH3 is 1. The van der Waals surface area contributed by atoms with E-state index in [1.165, 1.54) is 37.6 Å². The number of esters is 1. The molecule has 5 rings (SSSR count). The van der Waals surface area contributed by atoms with Crippen molar-refractivity contribution in [3.8, 4) is 16.9 Å². The summed E-state index contributed by atoms with van der Waals surface area (Å²) >= 11 is 0. The van der Waals surface area contributed by atoms with Crippen molar-refractivity contribution in [2.24, 2.45) is 17.6 Å². The second kappa shape index (κ2) is 12.1. The number of carbonyl (C=O) groups is 5. The molecule has 3 aromatic rings. The lowest BCUT2D eigenvalue weighted by molar-refractivity contribution is -0.159. The number of phenolic OH excluding ortho intramolecular Hbond substituents is 1. The Labute approximate surface area is 255 Å². The number of aliphatic hydroxyl groups is 3. The molecule has 3 atom stereocenters. The predicted molar refractivity (Wildman–Crippen MR) is 155 cm³/mol. The first-order valence-electron chi connectivity index (χ1n) is 14.0. The van der Waals surface area contributed by atoms with Crippen LogP contribution in [-0.2, 0) is 32.0 Å². The van der Waals surface area contributed by atoms with Gasteiger partial charge in [0.25, 0.3) is 0 Å². The minimum atomic E-state index is -2.72. The number of aliphatic hydroxyl groups excluding tert-OH is 2. The molecule has 0 spiro atoms. The van der Waals surface area contributed by atoms with E-state index in [1.54, 1.807) is 12.1 Å². The smallest absolute Gasteiger partial charge is 0.337 e. The Morgan fingerprint density at radius 1 is 1.13 bits per heavy atom. The van der Waals surface area contributed by atoms with Gasteiger partial charge in [0, 0.05) is 30.6 Å². The van der Waals surface area contributed by atoms with Crippen molar-refractivity contribution in [2.45, 2.75) is 37.7 Å². The summed E-state index contributed by atoms with van der Waals surface area (Å²) in [7, 11) is 1.21. The Kier molecular flexibility index (Phi) is 8.41. The average molecular weight is 619 g/mol. The number of hydrogen-bond donors (Lipinski definition) is 5. The Bertz CT molecular complexity index is 1760. The van der Waals surface area contributed by atoms with Gasteiger partial charge in [0.1, 0.15) is 11.5 Å². The Hall–Kier alpha value is -5.14. The van der Waals surface area contributed by atoms with E-state index in [2.05, 4.69) is 5.16 Å². The number of hydrogen-bond acceptors (Lipinski definition) is 12. The molecule has 0 radical (unpaired) electrons. The van der Waals surface area contributed by atoms with Crippen LogP contribution in [0, 0.1) is 11.8 Å². The van der Waals surface area contributed by atoms with Crippen LogP contribution >= 0.6 is 0 Å². The van der Waals surface area contributed by atoms with Crippen LogP contribution in [0.15, 0.2) is 52.7 Å². The zero-order valence-electron chi connectivity index (χ0n) is 24.1. The van der Waals surface area contributed by atoms with Crippen LogP contribution in [-0.4, -0.2) is 74.1 Å². The fraction of sp³-hybridized carbons (Fsp3) is 0.312. The van der Waals surface area contributed by atoms with E-state index in [0.29, 0.717) is 22.3 Å². The largest absolute Gasteiger partial charge is 0.507 e. The molecule has 6 N–H and O–H groups in total. The Morgan fingerprint density at radius 3 is 2.53 bits per heavy atom. The number of aromatic nitrogens is 1. The maximum atomic E-state index is 13.8. The van der Waals surface area contributed by atoms with E-state index in [4.69, 9.17) is 15.0 Å². The fourth-order valence-electron chi connectivity index (χ4n) is 6.40. The summed E-state index contributed by atoms with van der Waals surface area (Å²) < 4.78 is 9.87. The summed E-state index contributed by atoms with van der Waals surface area (Å²) in [4.78, 5) is 63.6. The van der Waals surface area contributed by atoms with Crippen LogP contribution < -0.4 is 5.73 Å². The highest BCUT2D eigenvalue weighted by Crippen LogP contribution is 2.50. The van der Waals surface area contributed by atoms with Gasteiger partial charge >= 0.3 is 5.97 Å². The highest BCUT2D eigenvalue weighted by molar-refractivity contribution is 6.23. The molecule has 2 aliphatic carbocycles. The first-order valence-corrected chi connectivity index (χ1v) is 14.0. The number of aromatic hydroxyl groups is 1. The van der Waals surface area contributed by atoms with Crippen molar-refractivity contribution < 1.29 is 53.7 Å². The quantitative estimate of drug-likeness (QED) is 0.125. The Balaban J connectivity index is 1.64. The predicted octanol–water partition coefficient (Wildman–Crippen LogP) is 1.85. The van der Waals surface area contributed by atoms with Crippen molar-refractivity contribution in [3.05, 3.63) is 76.2 Å². The average Bonchev–Trinajstić information content (AvgIpc) is 3.54. The number of Topliss-reactive ketones (excluding diaryl/α,β-unsaturated/α-hetero) is 3. The molecule has 1 saturated carbocycles. The van der Waals surface area contributed by atoms with Crippen molar-refractivity contribution in [2.75, 3.05) is 13.7 Å². The molecule has 13 heteroatoms. The first kappa shape index (κ1) is 31.3. The van der Waals surface area contributed by atoms with Gasteiger partial charge < -0.3 is 35.4 Å². The van der Waals surface area contributed by atoms with Crippen molar-refractivity contribution in [1.29, 1.82) is 0 Å². The monoisotopic (exact) mass is 618 g/mol. The molecule has 1 fully saturated rings. The Morgan fingerprint density at radius 2 is 1.89 bits per heavy atom. The van der Waals surface area contributed by atoms with E-state index in [-0.39, 0.29) is 53.9 Å². The summed E-state index contributed by atoms with van der Waals surface area (Å²) in [6.45, 7) is -0.472. The molecular formula is C32H30N2O11. The molecule has 13 nitrogen and oxygen atoms in total. The molecule has 1 aromatic heterocycles. The van der Waals surface area contributed by atoms with Crippen molar-refractivity contribution >= 4 is 35.0 Å². The molecule has 0 saturated heterocycles. The van der Waals surface area contributed by atoms with Crippen LogP contribution in [0.2, 0.25) is 0 Å². The molecule has 234 valence electrons. The third kappa shape index (κ3) is 5.51. The zero-order valence-corrected chi connectivity index (χ0v) is 24.1. The van der Waals surface area contributed by atoms with Gasteiger partial charge in [0.2, 0.25) is 23.2 Å². The van der Waals surface area contributed by atoms with Gasteiger partial charge in [-0.2, -0.15) is 0 Å². The van der Waals surface area contributed by atoms with E-state index in [0.717, 1.165) is 0 Å². The number of primary amides is 1. The lowest BCUT2D eigenvalue weighted by Crippen LogP contribution is -2.59. The minimum absolute atomic E-state index is 0.0262. The summed E-state index contributed by atoms with van der Waals surface area (Å²) in [5.41, 5.74) is 3.90. The van der Waals surface area contributed by atoms with Gasteiger partial charge in [-0.3, -0.25) is 19.2 Å². The standard InChI is InChI=1S/C32H30N2O11/c1-44-31(42)18-9-15(10-23(37)24-4-6-34-45-24)8-16(11-18)20-2-3-22(36)28-21(20)13-17-12-19(5-7-35)32(43,25(38)14-26(33)39)30(41)27(17)29(28)40/h2-4,6,8-9,11,17,19,35-36,40,43H,5,7,10,12-14H2,1H3,(H2,33,39)/t17-,19-,32-/m1/s1. The molecular weight excluding hydrogens is 588 g/mol. The van der Waals surface area contributed by atoms with Crippen LogP contribution in [0.25, 0.3) is 16.9 Å². The normalized spacial score (nSPS) is 20.7. The third-order valence-electron chi connectivity index (χ3n) is 8.43. The first-order chi connectivity index (χ1) is 21.4. The number of carbonyl (C=O) groups excluding carboxylic acids is 5. The topological polar surface area (TPSA) is 228 Å². The minimum Gasteiger partial charge on any atom is -0.507 e. The highest BCUT2D eigenvalue weighted by Gasteiger charge is 2.57. The van der Waals surface area contributed by atoms with Gasteiger partial charge in [0.15, 0.2) is 11.4 Å². The number of nitrogens with two attached hydrogens (primary N) is 1. The van der Waals surface area contributed by atoms with Gasteiger partial charge in [-0.25, -0.2) is 4.79 Å². The maximum Gasteiger partial charge on any atom is 0.337 e. The molecule has 2 aromatic carbocycles.